The highest BCUT2D eigenvalue weighted by atomic mass is 127. The highest BCUT2D eigenvalue weighted by molar-refractivity contribution is 14.1. The third-order valence-corrected chi connectivity index (χ3v) is 2.90. The Morgan fingerprint density at radius 2 is 2.21 bits per heavy atom. The van der Waals surface area contributed by atoms with Crippen LogP contribution in [0.5, 0.6) is 0 Å². The molecule has 0 spiro atoms. The molecule has 1 aromatic rings. The summed E-state index contributed by atoms with van der Waals surface area (Å²) in [4.78, 5) is 11.3. The average Bonchev–Trinajstić information content (AvgIpc) is 2.16. The van der Waals surface area contributed by atoms with Crippen molar-refractivity contribution in [1.29, 1.82) is 5.26 Å². The van der Waals surface area contributed by atoms with Gasteiger partial charge in [-0.3, -0.25) is 4.79 Å². The van der Waals surface area contributed by atoms with Crippen molar-refractivity contribution in [3.63, 3.8) is 0 Å². The number of nitrogens with zero attached hydrogens (tertiary/aromatic N) is 1. The lowest BCUT2D eigenvalue weighted by atomic mass is 10.0. The zero-order valence-electron chi connectivity index (χ0n) is 8.10. The first-order valence-corrected chi connectivity index (χ1v) is 5.41. The van der Waals surface area contributed by atoms with Crippen LogP contribution in [0, 0.1) is 14.9 Å². The number of carbonyl (C=O) groups is 1. The molecule has 0 amide bonds. The predicted molar refractivity (Wildman–Crippen MR) is 63.3 cm³/mol. The van der Waals surface area contributed by atoms with E-state index in [0.717, 1.165) is 15.6 Å². The van der Waals surface area contributed by atoms with Gasteiger partial charge in [0.15, 0.2) is 5.78 Å². The quantitative estimate of drug-likeness (QED) is 0.622. The van der Waals surface area contributed by atoms with Crippen LogP contribution in [0.4, 0.5) is 0 Å². The van der Waals surface area contributed by atoms with Gasteiger partial charge >= 0.3 is 0 Å². The number of hydrogen-bond acceptors (Lipinski definition) is 2. The topological polar surface area (TPSA) is 40.9 Å². The fourth-order valence-corrected chi connectivity index (χ4v) is 2.07. The van der Waals surface area contributed by atoms with E-state index in [1.807, 2.05) is 19.1 Å². The molecule has 2 nitrogen and oxygen atoms in total. The predicted octanol–water partition coefficient (Wildman–Crippen LogP) is 2.93. The molecule has 0 atom stereocenters. The van der Waals surface area contributed by atoms with Crippen LogP contribution in [-0.2, 0) is 6.42 Å². The first kappa shape index (κ1) is 11.2. The maximum absolute atomic E-state index is 11.3. The molecule has 0 radical (unpaired) electrons. The Labute approximate surface area is 97.1 Å². The summed E-state index contributed by atoms with van der Waals surface area (Å²) in [5.74, 6) is -0.0465. The maximum atomic E-state index is 11.3. The van der Waals surface area contributed by atoms with Gasteiger partial charge < -0.3 is 0 Å². The molecule has 0 fully saturated rings. The first-order chi connectivity index (χ1) is 6.60. The Balaban J connectivity index is 3.45. The lowest BCUT2D eigenvalue weighted by molar-refractivity contribution is 0.101. The van der Waals surface area contributed by atoms with Crippen LogP contribution < -0.4 is 0 Å². The van der Waals surface area contributed by atoms with E-state index in [0.29, 0.717) is 11.1 Å². The molecule has 1 aromatic carbocycles. The maximum Gasteiger partial charge on any atom is 0.161 e. The van der Waals surface area contributed by atoms with Crippen molar-refractivity contribution >= 4 is 28.4 Å². The molecule has 0 aromatic heterocycles. The van der Waals surface area contributed by atoms with Crippen molar-refractivity contribution in [2.24, 2.45) is 0 Å². The summed E-state index contributed by atoms with van der Waals surface area (Å²) in [6, 6.07) is 5.83. The third kappa shape index (κ3) is 2.13. The summed E-state index contributed by atoms with van der Waals surface area (Å²) in [6.45, 7) is 3.52. The molecule has 1 rings (SSSR count). The number of benzene rings is 1. The van der Waals surface area contributed by atoms with Crippen molar-refractivity contribution in [2.75, 3.05) is 0 Å². The zero-order chi connectivity index (χ0) is 10.7. The van der Waals surface area contributed by atoms with E-state index in [9.17, 15) is 4.79 Å². The molecule has 0 saturated carbocycles. The number of rotatable bonds is 2. The van der Waals surface area contributed by atoms with E-state index in [1.165, 1.54) is 6.92 Å². The van der Waals surface area contributed by atoms with E-state index in [-0.39, 0.29) is 5.78 Å². The van der Waals surface area contributed by atoms with Gasteiger partial charge in [-0.05, 0) is 53.6 Å². The van der Waals surface area contributed by atoms with Crippen LogP contribution in [-0.4, -0.2) is 5.78 Å². The first-order valence-electron chi connectivity index (χ1n) is 4.33. The lowest BCUT2D eigenvalue weighted by Gasteiger charge is -2.05. The molecule has 0 heterocycles. The Bertz CT molecular complexity index is 418. The van der Waals surface area contributed by atoms with E-state index >= 15 is 0 Å². The van der Waals surface area contributed by atoms with Crippen molar-refractivity contribution < 1.29 is 4.79 Å². The second kappa shape index (κ2) is 4.56. The summed E-state index contributed by atoms with van der Waals surface area (Å²) in [5, 5.41) is 8.90. The standard InChI is InChI=1S/C11H10INO/c1-3-8-4-9(7(2)14)10(6-13)11(12)5-8/h4-5H,3H2,1-2H3. The Morgan fingerprint density at radius 3 is 2.64 bits per heavy atom. The minimum atomic E-state index is -0.0465. The number of ketones is 1. The lowest BCUT2D eigenvalue weighted by Crippen LogP contribution is -2.01. The number of carbonyl (C=O) groups excluding carboxylic acids is 1. The summed E-state index contributed by atoms with van der Waals surface area (Å²) >= 11 is 2.09. The molecule has 0 N–H and O–H groups in total. The number of hydrogen-bond donors (Lipinski definition) is 0. The molecular weight excluding hydrogens is 289 g/mol. The smallest absolute Gasteiger partial charge is 0.161 e. The monoisotopic (exact) mass is 299 g/mol. The summed E-state index contributed by atoms with van der Waals surface area (Å²) in [5.41, 5.74) is 2.13. The van der Waals surface area contributed by atoms with Gasteiger partial charge in [-0.1, -0.05) is 6.92 Å². The number of Topliss-reactive ketones (excluding diaryl/α,β-unsaturated/α-hetero) is 1. The molecular formula is C11H10INO. The Kier molecular flexibility index (Phi) is 3.64. The van der Waals surface area contributed by atoms with Crippen LogP contribution >= 0.6 is 22.6 Å². The molecule has 0 aliphatic carbocycles. The van der Waals surface area contributed by atoms with Gasteiger partial charge in [-0.25, -0.2) is 0 Å². The van der Waals surface area contributed by atoms with Gasteiger partial charge in [0.25, 0.3) is 0 Å². The second-order valence-electron chi connectivity index (χ2n) is 3.02. The third-order valence-electron chi connectivity index (χ3n) is 2.05. The van der Waals surface area contributed by atoms with Gasteiger partial charge in [-0.2, -0.15) is 5.26 Å². The molecule has 3 heteroatoms. The van der Waals surface area contributed by atoms with Gasteiger partial charge in [0.2, 0.25) is 0 Å². The van der Waals surface area contributed by atoms with Crippen molar-refractivity contribution in [3.05, 3.63) is 32.4 Å². The molecule has 0 bridgehead atoms. The van der Waals surface area contributed by atoms with E-state index in [2.05, 4.69) is 28.7 Å². The number of halogens is 1. The Morgan fingerprint density at radius 1 is 1.57 bits per heavy atom. The fourth-order valence-electron chi connectivity index (χ4n) is 1.26. The summed E-state index contributed by atoms with van der Waals surface area (Å²) < 4.78 is 0.856. The second-order valence-corrected chi connectivity index (χ2v) is 4.18. The van der Waals surface area contributed by atoms with Crippen LogP contribution in [0.25, 0.3) is 0 Å². The fraction of sp³-hybridized carbons (Fsp3) is 0.273. The van der Waals surface area contributed by atoms with Crippen LogP contribution in [0.1, 0.15) is 35.3 Å². The van der Waals surface area contributed by atoms with Gasteiger partial charge in [0.05, 0.1) is 5.56 Å². The van der Waals surface area contributed by atoms with Crippen LogP contribution in [0.2, 0.25) is 0 Å². The largest absolute Gasteiger partial charge is 0.294 e. The summed E-state index contributed by atoms with van der Waals surface area (Å²) in [6.07, 6.45) is 0.877. The van der Waals surface area contributed by atoms with Crippen molar-refractivity contribution in [2.45, 2.75) is 20.3 Å². The van der Waals surface area contributed by atoms with Crippen LogP contribution in [0.3, 0.4) is 0 Å². The zero-order valence-corrected chi connectivity index (χ0v) is 10.3. The van der Waals surface area contributed by atoms with Gasteiger partial charge in [0.1, 0.15) is 6.07 Å². The van der Waals surface area contributed by atoms with Gasteiger partial charge in [-0.15, -0.1) is 0 Å². The van der Waals surface area contributed by atoms with E-state index < -0.39 is 0 Å². The molecule has 72 valence electrons. The number of aryl methyl sites for hydroxylation is 1. The molecule has 0 saturated heterocycles. The SMILES string of the molecule is CCc1cc(I)c(C#N)c(C(C)=O)c1. The summed E-state index contributed by atoms with van der Waals surface area (Å²) in [7, 11) is 0. The minimum absolute atomic E-state index is 0.0465. The van der Waals surface area contributed by atoms with Crippen molar-refractivity contribution in [3.8, 4) is 6.07 Å². The molecule has 0 unspecified atom stereocenters. The minimum Gasteiger partial charge on any atom is -0.294 e. The van der Waals surface area contributed by atoms with Crippen LogP contribution in [0.15, 0.2) is 12.1 Å². The van der Waals surface area contributed by atoms with Gasteiger partial charge in [0, 0.05) is 9.13 Å². The molecule has 14 heavy (non-hydrogen) atoms. The molecule has 0 aliphatic rings. The highest BCUT2D eigenvalue weighted by Gasteiger charge is 2.11. The normalized spacial score (nSPS) is 9.57. The highest BCUT2D eigenvalue weighted by Crippen LogP contribution is 2.20. The van der Waals surface area contributed by atoms with Crippen molar-refractivity contribution in [1.82, 2.24) is 0 Å². The molecule has 0 aliphatic heterocycles. The van der Waals surface area contributed by atoms with E-state index in [4.69, 9.17) is 5.26 Å². The number of nitriles is 1. The van der Waals surface area contributed by atoms with E-state index in [1.54, 1.807) is 0 Å². The average molecular weight is 299 g/mol. The Hall–Kier alpha value is -0.890.